The Morgan fingerprint density at radius 3 is 2.82 bits per heavy atom. The lowest BCUT2D eigenvalue weighted by Crippen LogP contribution is -2.26. The number of hydrogen-bond acceptors (Lipinski definition) is 7. The van der Waals surface area contributed by atoms with Gasteiger partial charge in [0.15, 0.2) is 0 Å². The second-order valence-electron chi connectivity index (χ2n) is 8.11. The molecule has 170 valence electrons. The van der Waals surface area contributed by atoms with Gasteiger partial charge in [-0.15, -0.1) is 0 Å². The van der Waals surface area contributed by atoms with Crippen LogP contribution in [0.4, 0.5) is 11.6 Å². The van der Waals surface area contributed by atoms with Gasteiger partial charge in [0.2, 0.25) is 11.8 Å². The molecule has 0 atom stereocenters. The van der Waals surface area contributed by atoms with Crippen molar-refractivity contribution >= 4 is 34.3 Å². The Morgan fingerprint density at radius 2 is 2.09 bits per heavy atom. The van der Waals surface area contributed by atoms with Gasteiger partial charge in [-0.2, -0.15) is 9.97 Å². The number of anilines is 2. The molecular formula is C24H26N6O3. The maximum absolute atomic E-state index is 11.9. The molecule has 2 aromatic heterocycles. The van der Waals surface area contributed by atoms with Gasteiger partial charge in [-0.25, -0.2) is 0 Å². The number of aromatic nitrogens is 3. The average Bonchev–Trinajstić information content (AvgIpc) is 3.50. The van der Waals surface area contributed by atoms with E-state index in [2.05, 4.69) is 20.6 Å². The van der Waals surface area contributed by atoms with Gasteiger partial charge < -0.3 is 25.1 Å². The van der Waals surface area contributed by atoms with Crippen LogP contribution < -0.4 is 15.4 Å². The number of H-pyrrole nitrogens is 1. The molecule has 3 aromatic rings. The van der Waals surface area contributed by atoms with Gasteiger partial charge in [0.25, 0.3) is 5.91 Å². The fourth-order valence-electron chi connectivity index (χ4n) is 4.07. The van der Waals surface area contributed by atoms with E-state index in [-0.39, 0.29) is 12.0 Å². The number of aryl methyl sites for hydroxylation is 1. The van der Waals surface area contributed by atoms with Crippen molar-refractivity contribution in [3.63, 3.8) is 0 Å². The number of ether oxygens (including phenoxy) is 2. The second kappa shape index (κ2) is 9.03. The summed E-state index contributed by atoms with van der Waals surface area (Å²) in [5.41, 5.74) is 4.91. The summed E-state index contributed by atoms with van der Waals surface area (Å²) in [6.45, 7) is 3.29. The average molecular weight is 447 g/mol. The first-order valence-corrected chi connectivity index (χ1v) is 11.1. The first kappa shape index (κ1) is 21.1. The molecule has 4 heterocycles. The number of carbonyl (C=O) groups is 1. The number of aliphatic imine (C=N–C) groups is 1. The van der Waals surface area contributed by atoms with Crippen LogP contribution in [0.2, 0.25) is 0 Å². The molecule has 5 rings (SSSR count). The molecule has 1 saturated heterocycles. The smallest absolute Gasteiger partial charge is 0.251 e. The molecule has 1 amide bonds. The molecule has 9 nitrogen and oxygen atoms in total. The lowest BCUT2D eigenvalue weighted by atomic mass is 10.1. The molecule has 1 fully saturated rings. The zero-order chi connectivity index (χ0) is 22.8. The molecule has 2 aliphatic heterocycles. The van der Waals surface area contributed by atoms with Crippen LogP contribution in [0.25, 0.3) is 11.0 Å². The summed E-state index contributed by atoms with van der Waals surface area (Å²) in [5.74, 6) is 0.817. The highest BCUT2D eigenvalue weighted by molar-refractivity contribution is 6.13. The van der Waals surface area contributed by atoms with Crippen molar-refractivity contribution in [1.29, 1.82) is 0 Å². The minimum atomic E-state index is -0.127. The van der Waals surface area contributed by atoms with Crippen LogP contribution in [0, 0.1) is 6.92 Å². The Morgan fingerprint density at radius 1 is 1.24 bits per heavy atom. The highest BCUT2D eigenvalue weighted by Gasteiger charge is 2.23. The van der Waals surface area contributed by atoms with Crippen molar-refractivity contribution in [3.8, 4) is 5.88 Å². The number of benzene rings is 1. The van der Waals surface area contributed by atoms with Crippen molar-refractivity contribution < 1.29 is 14.3 Å². The van der Waals surface area contributed by atoms with Gasteiger partial charge in [-0.3, -0.25) is 9.79 Å². The van der Waals surface area contributed by atoms with Crippen LogP contribution >= 0.6 is 0 Å². The van der Waals surface area contributed by atoms with E-state index < -0.39 is 0 Å². The zero-order valence-corrected chi connectivity index (χ0v) is 18.6. The van der Waals surface area contributed by atoms with E-state index in [0.29, 0.717) is 36.3 Å². The van der Waals surface area contributed by atoms with E-state index in [1.807, 2.05) is 37.5 Å². The number of allylic oxidation sites excluding steroid dienone is 1. The lowest BCUT2D eigenvalue weighted by molar-refractivity contribution is 0.0244. The highest BCUT2D eigenvalue weighted by atomic mass is 16.5. The number of nitrogens with zero attached hydrogens (tertiary/aromatic N) is 3. The molecule has 0 saturated carbocycles. The molecule has 0 radical (unpaired) electrons. The maximum Gasteiger partial charge on any atom is 0.251 e. The predicted molar refractivity (Wildman–Crippen MR) is 127 cm³/mol. The molecule has 3 N–H and O–H groups in total. The van der Waals surface area contributed by atoms with Crippen molar-refractivity contribution in [2.75, 3.05) is 25.6 Å². The topological polar surface area (TPSA) is 114 Å². The van der Waals surface area contributed by atoms with Crippen molar-refractivity contribution in [3.05, 3.63) is 53.4 Å². The van der Waals surface area contributed by atoms with Gasteiger partial charge in [0, 0.05) is 55.5 Å². The van der Waals surface area contributed by atoms with Crippen LogP contribution in [-0.4, -0.2) is 52.9 Å². The lowest BCUT2D eigenvalue weighted by Gasteiger charge is -2.23. The normalized spacial score (nSPS) is 16.1. The van der Waals surface area contributed by atoms with Crippen molar-refractivity contribution in [1.82, 2.24) is 20.3 Å². The predicted octanol–water partition coefficient (Wildman–Crippen LogP) is 3.63. The molecule has 0 unspecified atom stereocenters. The van der Waals surface area contributed by atoms with Crippen LogP contribution in [0.3, 0.4) is 0 Å². The zero-order valence-electron chi connectivity index (χ0n) is 18.6. The van der Waals surface area contributed by atoms with Gasteiger partial charge in [-0.05, 0) is 30.7 Å². The summed E-state index contributed by atoms with van der Waals surface area (Å²) in [7, 11) is 1.62. The summed E-state index contributed by atoms with van der Waals surface area (Å²) in [6.07, 6.45) is 8.18. The van der Waals surface area contributed by atoms with E-state index in [1.54, 1.807) is 13.1 Å². The van der Waals surface area contributed by atoms with Crippen LogP contribution in [0.15, 0.2) is 41.7 Å². The van der Waals surface area contributed by atoms with Gasteiger partial charge in [-0.1, -0.05) is 6.08 Å². The number of aromatic amines is 1. The monoisotopic (exact) mass is 446 g/mol. The SMILES string of the molecule is CNC(=O)c1ccc(Nc2nc(OC3CCOCC3)c3c(C4=NC=CC4)c[nH]c3n2)c(C)c1. The third-order valence-electron chi connectivity index (χ3n) is 5.87. The second-order valence-corrected chi connectivity index (χ2v) is 8.11. The number of nitrogens with one attached hydrogen (secondary N) is 3. The first-order valence-electron chi connectivity index (χ1n) is 11.1. The fraction of sp³-hybridized carbons (Fsp3) is 0.333. The standard InChI is InChI=1S/C24H26N6O3/c1-14-12-15(22(31)25-2)5-6-18(14)28-24-29-21-20(17(13-27-21)19-4-3-9-26-19)23(30-24)33-16-7-10-32-11-8-16/h3,5-6,9,12-13,16H,4,7-8,10-11H2,1-2H3,(H,25,31)(H2,27,28,29,30). The number of carbonyl (C=O) groups excluding carboxylic acids is 1. The Balaban J connectivity index is 1.51. The van der Waals surface area contributed by atoms with E-state index in [4.69, 9.17) is 19.4 Å². The summed E-state index contributed by atoms with van der Waals surface area (Å²) in [4.78, 5) is 29.1. The largest absolute Gasteiger partial charge is 0.474 e. The van der Waals surface area contributed by atoms with Crippen LogP contribution in [-0.2, 0) is 4.74 Å². The third kappa shape index (κ3) is 4.31. The number of hydrogen-bond donors (Lipinski definition) is 3. The molecular weight excluding hydrogens is 420 g/mol. The van der Waals surface area contributed by atoms with E-state index >= 15 is 0 Å². The van der Waals surface area contributed by atoms with Gasteiger partial charge in [0.05, 0.1) is 24.3 Å². The summed E-state index contributed by atoms with van der Waals surface area (Å²) in [6, 6.07) is 5.45. The minimum Gasteiger partial charge on any atom is -0.474 e. The fourth-order valence-corrected chi connectivity index (χ4v) is 4.07. The summed E-state index contributed by atoms with van der Waals surface area (Å²) in [5, 5.41) is 6.76. The minimum absolute atomic E-state index is 0.0321. The Kier molecular flexibility index (Phi) is 5.78. The first-order chi connectivity index (χ1) is 16.1. The number of amides is 1. The van der Waals surface area contributed by atoms with Crippen molar-refractivity contribution in [2.45, 2.75) is 32.3 Å². The summed E-state index contributed by atoms with van der Waals surface area (Å²) < 4.78 is 11.9. The van der Waals surface area contributed by atoms with Crippen LogP contribution in [0.5, 0.6) is 5.88 Å². The van der Waals surface area contributed by atoms with Crippen LogP contribution in [0.1, 0.15) is 40.7 Å². The highest BCUT2D eigenvalue weighted by Crippen LogP contribution is 2.32. The van der Waals surface area contributed by atoms with E-state index in [1.165, 1.54) is 0 Å². The number of rotatable bonds is 6. The van der Waals surface area contributed by atoms with Crippen molar-refractivity contribution in [2.24, 2.45) is 4.99 Å². The maximum atomic E-state index is 11.9. The van der Waals surface area contributed by atoms with E-state index in [9.17, 15) is 4.79 Å². The number of fused-ring (bicyclic) bond motifs is 1. The molecule has 0 aliphatic carbocycles. The Bertz CT molecular complexity index is 1260. The molecule has 33 heavy (non-hydrogen) atoms. The quantitative estimate of drug-likeness (QED) is 0.533. The van der Waals surface area contributed by atoms with E-state index in [0.717, 1.165) is 47.2 Å². The summed E-state index contributed by atoms with van der Waals surface area (Å²) >= 11 is 0. The third-order valence-corrected chi connectivity index (χ3v) is 5.87. The Hall–Kier alpha value is -3.72. The Labute approximate surface area is 191 Å². The van der Waals surface area contributed by atoms with Gasteiger partial charge in [0.1, 0.15) is 11.8 Å². The molecule has 1 aromatic carbocycles. The molecule has 9 heteroatoms. The molecule has 2 aliphatic rings. The van der Waals surface area contributed by atoms with Gasteiger partial charge >= 0.3 is 0 Å². The molecule has 0 spiro atoms. The molecule has 0 bridgehead atoms.